The van der Waals surface area contributed by atoms with Crippen LogP contribution in [-0.4, -0.2) is 54.8 Å². The van der Waals surface area contributed by atoms with E-state index in [1.54, 1.807) is 9.80 Å². The Morgan fingerprint density at radius 2 is 1.88 bits per heavy atom. The van der Waals surface area contributed by atoms with E-state index in [2.05, 4.69) is 10.6 Å². The minimum Gasteiger partial charge on any atom is -0.341 e. The van der Waals surface area contributed by atoms with Crippen LogP contribution in [-0.2, 0) is 20.8 Å². The lowest BCUT2D eigenvalue weighted by atomic mass is 9.85. The molecule has 8 heteroatoms. The SMILES string of the molecule is O=C1CC2(CCN(C(=O)Cc3ccc(N4CCNC4=O)cc3)C2)C(=O)N1. The molecule has 5 amide bonds. The van der Waals surface area contributed by atoms with Gasteiger partial charge in [0.15, 0.2) is 0 Å². The molecule has 0 bridgehead atoms. The molecular formula is C18H20N4O4. The van der Waals surface area contributed by atoms with Crippen LogP contribution in [0, 0.1) is 5.41 Å². The van der Waals surface area contributed by atoms with E-state index in [1.165, 1.54) is 0 Å². The zero-order chi connectivity index (χ0) is 18.3. The minimum atomic E-state index is -0.736. The first-order valence-corrected chi connectivity index (χ1v) is 8.73. The highest BCUT2D eigenvalue weighted by Gasteiger charge is 2.51. The Bertz CT molecular complexity index is 791. The highest BCUT2D eigenvalue weighted by Crippen LogP contribution is 2.37. The average Bonchev–Trinajstić information content (AvgIpc) is 3.29. The van der Waals surface area contributed by atoms with E-state index in [9.17, 15) is 19.2 Å². The summed E-state index contributed by atoms with van der Waals surface area (Å²) in [7, 11) is 0. The van der Waals surface area contributed by atoms with Crippen LogP contribution in [0.1, 0.15) is 18.4 Å². The van der Waals surface area contributed by atoms with E-state index in [0.29, 0.717) is 32.6 Å². The summed E-state index contributed by atoms with van der Waals surface area (Å²) in [5, 5.41) is 5.09. The number of nitrogens with zero attached hydrogens (tertiary/aromatic N) is 2. The van der Waals surface area contributed by atoms with E-state index >= 15 is 0 Å². The number of rotatable bonds is 3. The number of nitrogens with one attached hydrogen (secondary N) is 2. The number of amides is 5. The zero-order valence-electron chi connectivity index (χ0n) is 14.3. The van der Waals surface area contributed by atoms with Crippen molar-refractivity contribution in [3.8, 4) is 0 Å². The Morgan fingerprint density at radius 1 is 1.12 bits per heavy atom. The van der Waals surface area contributed by atoms with E-state index in [-0.39, 0.29) is 36.6 Å². The Morgan fingerprint density at radius 3 is 2.50 bits per heavy atom. The maximum absolute atomic E-state index is 12.6. The molecule has 0 radical (unpaired) electrons. The third kappa shape index (κ3) is 2.81. The molecule has 1 aromatic carbocycles. The number of carbonyl (C=O) groups excluding carboxylic acids is 4. The lowest BCUT2D eigenvalue weighted by Gasteiger charge is -2.20. The highest BCUT2D eigenvalue weighted by atomic mass is 16.2. The van der Waals surface area contributed by atoms with Gasteiger partial charge in [-0.2, -0.15) is 0 Å². The first-order valence-electron chi connectivity index (χ1n) is 8.73. The van der Waals surface area contributed by atoms with Crippen LogP contribution in [0.25, 0.3) is 0 Å². The number of hydrogen-bond acceptors (Lipinski definition) is 4. The molecule has 3 aliphatic rings. The second-order valence-electron chi connectivity index (χ2n) is 7.13. The van der Waals surface area contributed by atoms with Gasteiger partial charge in [0.05, 0.1) is 11.8 Å². The van der Waals surface area contributed by atoms with Gasteiger partial charge in [0, 0.05) is 38.3 Å². The largest absolute Gasteiger partial charge is 0.341 e. The number of benzene rings is 1. The van der Waals surface area contributed by atoms with Gasteiger partial charge in [0.25, 0.3) is 0 Å². The number of anilines is 1. The van der Waals surface area contributed by atoms with Gasteiger partial charge in [-0.05, 0) is 24.1 Å². The monoisotopic (exact) mass is 356 g/mol. The normalized spacial score (nSPS) is 25.2. The van der Waals surface area contributed by atoms with Crippen LogP contribution in [0.4, 0.5) is 10.5 Å². The Kier molecular flexibility index (Phi) is 3.90. The van der Waals surface area contributed by atoms with Crippen LogP contribution in [0.15, 0.2) is 24.3 Å². The van der Waals surface area contributed by atoms with E-state index in [4.69, 9.17) is 0 Å². The number of likely N-dealkylation sites (tertiary alicyclic amines) is 1. The van der Waals surface area contributed by atoms with Crippen LogP contribution in [0.5, 0.6) is 0 Å². The van der Waals surface area contributed by atoms with Crippen LogP contribution < -0.4 is 15.5 Å². The predicted octanol–water partition coefficient (Wildman–Crippen LogP) is 0.0239. The Hall–Kier alpha value is -2.90. The maximum Gasteiger partial charge on any atom is 0.321 e. The molecule has 3 fully saturated rings. The molecule has 136 valence electrons. The van der Waals surface area contributed by atoms with Crippen molar-refractivity contribution in [3.05, 3.63) is 29.8 Å². The lowest BCUT2D eigenvalue weighted by molar-refractivity contribution is -0.131. The van der Waals surface area contributed by atoms with Gasteiger partial charge in [-0.3, -0.25) is 24.6 Å². The number of carbonyl (C=O) groups is 4. The average molecular weight is 356 g/mol. The molecule has 0 saturated carbocycles. The molecule has 1 aromatic rings. The van der Waals surface area contributed by atoms with Crippen molar-refractivity contribution in [2.75, 3.05) is 31.1 Å². The van der Waals surface area contributed by atoms with Gasteiger partial charge in [-0.1, -0.05) is 12.1 Å². The summed E-state index contributed by atoms with van der Waals surface area (Å²) in [6, 6.07) is 7.25. The van der Waals surface area contributed by atoms with Gasteiger partial charge in [0.2, 0.25) is 17.7 Å². The molecule has 3 heterocycles. The summed E-state index contributed by atoms with van der Waals surface area (Å²) in [6.45, 7) is 2.06. The molecule has 1 spiro atoms. The molecule has 3 aliphatic heterocycles. The summed E-state index contributed by atoms with van der Waals surface area (Å²) in [5.41, 5.74) is 0.920. The van der Waals surface area contributed by atoms with Gasteiger partial charge < -0.3 is 10.2 Å². The lowest BCUT2D eigenvalue weighted by Crippen LogP contribution is -2.37. The van der Waals surface area contributed by atoms with Crippen LogP contribution in [0.3, 0.4) is 0 Å². The molecule has 4 rings (SSSR count). The number of hydrogen-bond donors (Lipinski definition) is 2. The van der Waals surface area contributed by atoms with Gasteiger partial charge in [0.1, 0.15) is 0 Å². The summed E-state index contributed by atoms with van der Waals surface area (Å²) in [5.74, 6) is -0.572. The van der Waals surface area contributed by atoms with E-state index in [0.717, 1.165) is 11.3 Å². The van der Waals surface area contributed by atoms with E-state index in [1.807, 2.05) is 24.3 Å². The summed E-state index contributed by atoms with van der Waals surface area (Å²) in [4.78, 5) is 51.1. The topological polar surface area (TPSA) is 98.8 Å². The Balaban J connectivity index is 1.39. The van der Waals surface area contributed by atoms with Crippen molar-refractivity contribution in [2.24, 2.45) is 5.41 Å². The fourth-order valence-corrected chi connectivity index (χ4v) is 3.90. The molecule has 1 unspecified atom stereocenters. The van der Waals surface area contributed by atoms with Crippen LogP contribution in [0.2, 0.25) is 0 Å². The maximum atomic E-state index is 12.6. The highest BCUT2D eigenvalue weighted by molar-refractivity contribution is 6.06. The number of urea groups is 1. The second-order valence-corrected chi connectivity index (χ2v) is 7.13. The molecule has 8 nitrogen and oxygen atoms in total. The molecular weight excluding hydrogens is 336 g/mol. The first kappa shape index (κ1) is 16.6. The van der Waals surface area contributed by atoms with Gasteiger partial charge >= 0.3 is 6.03 Å². The predicted molar refractivity (Wildman–Crippen MR) is 92.3 cm³/mol. The van der Waals surface area contributed by atoms with Gasteiger partial charge in [-0.15, -0.1) is 0 Å². The third-order valence-electron chi connectivity index (χ3n) is 5.40. The van der Waals surface area contributed by atoms with Gasteiger partial charge in [-0.25, -0.2) is 4.79 Å². The van der Waals surface area contributed by atoms with Crippen molar-refractivity contribution in [3.63, 3.8) is 0 Å². The molecule has 2 N–H and O–H groups in total. The second kappa shape index (κ2) is 6.12. The summed E-state index contributed by atoms with van der Waals surface area (Å²) < 4.78 is 0. The third-order valence-corrected chi connectivity index (χ3v) is 5.40. The fraction of sp³-hybridized carbons (Fsp3) is 0.444. The molecule has 3 saturated heterocycles. The standard InChI is InChI=1S/C18H20N4O4/c23-14-10-18(16(25)20-14)5-7-21(11-18)15(24)9-12-1-3-13(4-2-12)22-8-6-19-17(22)26/h1-4H,5-11H2,(H,19,26)(H,20,23,25). The van der Waals surface area contributed by atoms with Crippen molar-refractivity contribution >= 4 is 29.4 Å². The minimum absolute atomic E-state index is 0.0549. The molecule has 0 aliphatic carbocycles. The molecule has 26 heavy (non-hydrogen) atoms. The van der Waals surface area contributed by atoms with Crippen molar-refractivity contribution in [1.29, 1.82) is 0 Å². The van der Waals surface area contributed by atoms with Crippen molar-refractivity contribution in [2.45, 2.75) is 19.3 Å². The summed E-state index contributed by atoms with van der Waals surface area (Å²) >= 11 is 0. The summed E-state index contributed by atoms with van der Waals surface area (Å²) in [6.07, 6.45) is 0.930. The van der Waals surface area contributed by atoms with E-state index < -0.39 is 5.41 Å². The van der Waals surface area contributed by atoms with Crippen molar-refractivity contribution < 1.29 is 19.2 Å². The Labute approximate surface area is 150 Å². The zero-order valence-corrected chi connectivity index (χ0v) is 14.3. The quantitative estimate of drug-likeness (QED) is 0.746. The number of imide groups is 1. The molecule has 0 aromatic heterocycles. The fourth-order valence-electron chi connectivity index (χ4n) is 3.90. The smallest absolute Gasteiger partial charge is 0.321 e. The molecule has 1 atom stereocenters. The first-order chi connectivity index (χ1) is 12.5. The van der Waals surface area contributed by atoms with Crippen LogP contribution >= 0.6 is 0 Å². The van der Waals surface area contributed by atoms with Crippen molar-refractivity contribution in [1.82, 2.24) is 15.5 Å².